The zero-order chi connectivity index (χ0) is 13.4. The summed E-state index contributed by atoms with van der Waals surface area (Å²) in [5.41, 5.74) is 5.26. The lowest BCUT2D eigenvalue weighted by Crippen LogP contribution is -2.08. The monoisotopic (exact) mass is 271 g/mol. The van der Waals surface area contributed by atoms with Crippen molar-refractivity contribution in [3.8, 4) is 0 Å². The quantitative estimate of drug-likeness (QED) is 0.422. The number of nitrogen functional groups attached to an aromatic ring is 1. The second-order valence-electron chi connectivity index (χ2n) is 3.70. The minimum Gasteiger partial charge on any atom is -0.368 e. The van der Waals surface area contributed by atoms with Crippen LogP contribution >= 0.6 is 11.8 Å². The molecule has 1 rings (SSSR count). The summed E-state index contributed by atoms with van der Waals surface area (Å²) in [6.07, 6.45) is 6.38. The molecule has 0 atom stereocenters. The number of hydrogen-bond acceptors (Lipinski definition) is 7. The average Bonchev–Trinajstić information content (AvgIpc) is 2.33. The van der Waals surface area contributed by atoms with Crippen LogP contribution in [0.3, 0.4) is 0 Å². The molecule has 0 bridgehead atoms. The number of rotatable bonds is 8. The van der Waals surface area contributed by atoms with Gasteiger partial charge in [0.25, 0.3) is 0 Å². The number of nitrogens with one attached hydrogen (secondary N) is 1. The smallest absolute Gasteiger partial charge is 0.329 e. The van der Waals surface area contributed by atoms with Crippen molar-refractivity contribution in [2.24, 2.45) is 0 Å². The number of nitrogens with two attached hydrogens (primary N) is 1. The molecule has 0 radical (unpaired) electrons. The number of unbranched alkanes of at least 4 members (excludes halogenated alkanes) is 2. The Kier molecular flexibility index (Phi) is 6.20. The average molecular weight is 271 g/mol. The summed E-state index contributed by atoms with van der Waals surface area (Å²) in [5, 5.41) is 13.7. The third-order valence-electron chi connectivity index (χ3n) is 2.30. The Bertz CT molecular complexity index is 402. The fourth-order valence-corrected chi connectivity index (χ4v) is 1.90. The second kappa shape index (κ2) is 7.70. The fourth-order valence-electron chi connectivity index (χ4n) is 1.41. The third-order valence-corrected chi connectivity index (χ3v) is 3.00. The first-order valence-corrected chi connectivity index (χ1v) is 7.04. The zero-order valence-corrected chi connectivity index (χ0v) is 11.1. The number of nitrogens with zero attached hydrogens (tertiary/aromatic N) is 3. The largest absolute Gasteiger partial charge is 0.368 e. The summed E-state index contributed by atoms with van der Waals surface area (Å²) >= 11 is 1.82. The Labute approximate surface area is 110 Å². The predicted molar refractivity (Wildman–Crippen MR) is 73.8 cm³/mol. The lowest BCUT2D eigenvalue weighted by Gasteiger charge is -2.06. The van der Waals surface area contributed by atoms with E-state index >= 15 is 0 Å². The van der Waals surface area contributed by atoms with Gasteiger partial charge in [0.2, 0.25) is 11.8 Å². The van der Waals surface area contributed by atoms with Gasteiger partial charge in [-0.15, -0.1) is 0 Å². The van der Waals surface area contributed by atoms with Gasteiger partial charge in [-0.05, 0) is 24.9 Å². The van der Waals surface area contributed by atoms with Gasteiger partial charge in [-0.2, -0.15) is 16.7 Å². The van der Waals surface area contributed by atoms with Crippen LogP contribution < -0.4 is 11.1 Å². The number of anilines is 2. The molecule has 0 aliphatic heterocycles. The highest BCUT2D eigenvalue weighted by atomic mass is 32.2. The normalized spacial score (nSPS) is 10.3. The van der Waals surface area contributed by atoms with Gasteiger partial charge >= 0.3 is 5.69 Å². The van der Waals surface area contributed by atoms with Crippen molar-refractivity contribution in [2.75, 3.05) is 29.6 Å². The SMILES string of the molecule is CSCCCCCNc1nc(N)ncc1[N+](=O)[O-]. The van der Waals surface area contributed by atoms with Crippen molar-refractivity contribution in [3.05, 3.63) is 16.3 Å². The van der Waals surface area contributed by atoms with E-state index in [4.69, 9.17) is 5.73 Å². The Morgan fingerprint density at radius 3 is 2.94 bits per heavy atom. The van der Waals surface area contributed by atoms with Gasteiger partial charge < -0.3 is 11.1 Å². The molecule has 8 heteroatoms. The standard InChI is InChI=1S/C10H17N5O2S/c1-18-6-4-2-3-5-12-9-8(15(16)17)7-13-10(11)14-9/h7H,2-6H2,1H3,(H3,11,12,13,14). The van der Waals surface area contributed by atoms with Crippen LogP contribution in [0.4, 0.5) is 17.5 Å². The van der Waals surface area contributed by atoms with Crippen molar-refractivity contribution in [1.82, 2.24) is 9.97 Å². The Morgan fingerprint density at radius 1 is 1.50 bits per heavy atom. The third kappa shape index (κ3) is 4.74. The van der Waals surface area contributed by atoms with Crippen LogP contribution in [0.1, 0.15) is 19.3 Å². The molecule has 7 nitrogen and oxygen atoms in total. The van der Waals surface area contributed by atoms with Crippen molar-refractivity contribution < 1.29 is 4.92 Å². The van der Waals surface area contributed by atoms with Crippen LogP contribution in [0.2, 0.25) is 0 Å². The summed E-state index contributed by atoms with van der Waals surface area (Å²) < 4.78 is 0. The highest BCUT2D eigenvalue weighted by Crippen LogP contribution is 2.20. The topological polar surface area (TPSA) is 107 Å². The molecule has 0 spiro atoms. The molecule has 1 aromatic rings. The minimum atomic E-state index is -0.518. The number of aromatic nitrogens is 2. The summed E-state index contributed by atoms with van der Waals surface area (Å²) in [5.74, 6) is 1.36. The Morgan fingerprint density at radius 2 is 2.28 bits per heavy atom. The van der Waals surface area contributed by atoms with Crippen LogP contribution in [0.25, 0.3) is 0 Å². The lowest BCUT2D eigenvalue weighted by atomic mass is 10.2. The Balaban J connectivity index is 2.45. The summed E-state index contributed by atoms with van der Waals surface area (Å²) in [6.45, 7) is 0.645. The number of hydrogen-bond donors (Lipinski definition) is 2. The van der Waals surface area contributed by atoms with Crippen molar-refractivity contribution in [1.29, 1.82) is 0 Å². The molecule has 0 saturated heterocycles. The van der Waals surface area contributed by atoms with E-state index in [9.17, 15) is 10.1 Å². The van der Waals surface area contributed by atoms with Gasteiger partial charge in [0.15, 0.2) is 0 Å². The van der Waals surface area contributed by atoms with Crippen molar-refractivity contribution >= 4 is 29.2 Å². The zero-order valence-electron chi connectivity index (χ0n) is 10.3. The maximum Gasteiger partial charge on any atom is 0.329 e. The summed E-state index contributed by atoms with van der Waals surface area (Å²) in [7, 11) is 0. The molecule has 0 saturated carbocycles. The van der Waals surface area contributed by atoms with Crippen LogP contribution in [0.15, 0.2) is 6.20 Å². The molecular weight excluding hydrogens is 254 g/mol. The molecule has 0 amide bonds. The molecule has 18 heavy (non-hydrogen) atoms. The first-order valence-electron chi connectivity index (χ1n) is 5.65. The molecule has 0 unspecified atom stereocenters. The van der Waals surface area contributed by atoms with Crippen LogP contribution in [-0.4, -0.2) is 33.4 Å². The predicted octanol–water partition coefficient (Wildman–Crippen LogP) is 1.91. The van der Waals surface area contributed by atoms with Crippen LogP contribution in [-0.2, 0) is 0 Å². The highest BCUT2D eigenvalue weighted by Gasteiger charge is 2.15. The maximum absolute atomic E-state index is 10.7. The molecular formula is C10H17N5O2S. The van der Waals surface area contributed by atoms with E-state index in [1.807, 2.05) is 11.8 Å². The summed E-state index contributed by atoms with van der Waals surface area (Å²) in [4.78, 5) is 17.7. The van der Waals surface area contributed by atoms with E-state index in [0.29, 0.717) is 6.54 Å². The molecule has 0 aliphatic carbocycles. The van der Waals surface area contributed by atoms with Gasteiger partial charge in [-0.25, -0.2) is 4.98 Å². The lowest BCUT2D eigenvalue weighted by molar-refractivity contribution is -0.384. The molecule has 3 N–H and O–H groups in total. The second-order valence-corrected chi connectivity index (χ2v) is 4.68. The van der Waals surface area contributed by atoms with Gasteiger partial charge in [0.05, 0.1) is 4.92 Å². The van der Waals surface area contributed by atoms with Crippen LogP contribution in [0, 0.1) is 10.1 Å². The van der Waals surface area contributed by atoms with Gasteiger partial charge in [-0.3, -0.25) is 10.1 Å². The molecule has 0 aromatic carbocycles. The first kappa shape index (κ1) is 14.5. The van der Waals surface area contributed by atoms with Crippen LogP contribution in [0.5, 0.6) is 0 Å². The van der Waals surface area contributed by atoms with Gasteiger partial charge in [0.1, 0.15) is 6.20 Å². The van der Waals surface area contributed by atoms with E-state index in [0.717, 1.165) is 31.2 Å². The highest BCUT2D eigenvalue weighted by molar-refractivity contribution is 7.98. The Hall–Kier alpha value is -1.57. The van der Waals surface area contributed by atoms with E-state index in [2.05, 4.69) is 21.5 Å². The molecule has 1 aromatic heterocycles. The van der Waals surface area contributed by atoms with E-state index < -0.39 is 4.92 Å². The maximum atomic E-state index is 10.7. The van der Waals surface area contributed by atoms with Crippen molar-refractivity contribution in [3.63, 3.8) is 0 Å². The molecule has 1 heterocycles. The fraction of sp³-hybridized carbons (Fsp3) is 0.600. The minimum absolute atomic E-state index is 0.0329. The van der Waals surface area contributed by atoms with Crippen molar-refractivity contribution in [2.45, 2.75) is 19.3 Å². The number of thioether (sulfide) groups is 1. The first-order chi connectivity index (χ1) is 8.65. The number of nitro groups is 1. The van der Waals surface area contributed by atoms with E-state index in [-0.39, 0.29) is 17.5 Å². The van der Waals surface area contributed by atoms with Gasteiger partial charge in [-0.1, -0.05) is 6.42 Å². The summed E-state index contributed by atoms with van der Waals surface area (Å²) in [6, 6.07) is 0. The van der Waals surface area contributed by atoms with E-state index in [1.165, 1.54) is 0 Å². The molecule has 0 fully saturated rings. The molecule has 100 valence electrons. The van der Waals surface area contributed by atoms with Gasteiger partial charge in [0, 0.05) is 6.54 Å². The van der Waals surface area contributed by atoms with E-state index in [1.54, 1.807) is 0 Å². The molecule has 0 aliphatic rings.